The normalized spacial score (nSPS) is 25.2. The van der Waals surface area contributed by atoms with Crippen LogP contribution in [0.5, 0.6) is 6.01 Å². The molecule has 3 aromatic rings. The molecule has 0 radical (unpaired) electrons. The highest BCUT2D eigenvalue weighted by Crippen LogP contribution is 2.48. The predicted octanol–water partition coefficient (Wildman–Crippen LogP) is 6.09. The molecule has 8 nitrogen and oxygen atoms in total. The molecule has 246 valence electrons. The number of ether oxygens (including phenoxy) is 1. The summed E-state index contributed by atoms with van der Waals surface area (Å²) in [6.45, 7) is 6.12. The van der Waals surface area contributed by atoms with Crippen molar-refractivity contribution in [1.29, 1.82) is 5.26 Å². The number of halogens is 7. The highest BCUT2D eigenvalue weighted by atomic mass is 35.5. The van der Waals surface area contributed by atoms with E-state index in [1.54, 1.807) is 6.92 Å². The number of hydrogen-bond donors (Lipinski definition) is 2. The Morgan fingerprint density at radius 2 is 1.85 bits per heavy atom. The van der Waals surface area contributed by atoms with Crippen LogP contribution in [0, 0.1) is 28.4 Å². The number of anilines is 2. The van der Waals surface area contributed by atoms with E-state index in [9.17, 15) is 18.4 Å². The zero-order chi connectivity index (χ0) is 33.1. The van der Waals surface area contributed by atoms with Gasteiger partial charge >= 0.3 is 12.2 Å². The molecule has 15 heteroatoms. The fourth-order valence-corrected chi connectivity index (χ4v) is 7.27. The van der Waals surface area contributed by atoms with Crippen LogP contribution in [0.1, 0.15) is 44.2 Å². The fourth-order valence-electron chi connectivity index (χ4n) is 6.95. The zero-order valence-electron chi connectivity index (χ0n) is 25.1. The van der Waals surface area contributed by atoms with Crippen molar-refractivity contribution in [2.45, 2.75) is 57.5 Å². The molecule has 3 saturated heterocycles. The Kier molecular flexibility index (Phi) is 8.40. The van der Waals surface area contributed by atoms with Gasteiger partial charge in [0.2, 0.25) is 0 Å². The van der Waals surface area contributed by atoms with Gasteiger partial charge in [-0.2, -0.15) is 28.4 Å². The summed E-state index contributed by atoms with van der Waals surface area (Å²) in [5, 5.41) is 12.2. The topological polar surface area (TPSA) is 103 Å². The van der Waals surface area contributed by atoms with Crippen LogP contribution in [0.3, 0.4) is 0 Å². The second-order valence-corrected chi connectivity index (χ2v) is 13.0. The Balaban J connectivity index is 1.54. The van der Waals surface area contributed by atoms with Gasteiger partial charge in [-0.3, -0.25) is 0 Å². The molecule has 0 aliphatic carbocycles. The highest BCUT2D eigenvalue weighted by molar-refractivity contribution is 6.32. The third-order valence-corrected chi connectivity index (χ3v) is 9.63. The summed E-state index contributed by atoms with van der Waals surface area (Å²) < 4.78 is 96.7. The van der Waals surface area contributed by atoms with Gasteiger partial charge in [-0.25, -0.2) is 13.2 Å². The standard InChI is InChI=1S/C31H32ClF6N7O/c1-3-44-7-6-22(34)30(2,13-44)14-46-29-42-27-17(28(43-29)45-11-15-4-5-16(12-45)41-15)8-20(33)24(26(27)35)23-18(10-39)21(40)9-19(32)25(23)31(36,37)38/h8-9,15-16,22,41H,3-7,11-14,40H2,1-2H3/t15-,16+,22-,30-/m0/s1. The molecule has 4 heterocycles. The number of piperidine rings is 1. The van der Waals surface area contributed by atoms with Gasteiger partial charge in [0.1, 0.15) is 36.0 Å². The molecule has 3 aliphatic rings. The minimum Gasteiger partial charge on any atom is -0.463 e. The first-order valence-electron chi connectivity index (χ1n) is 15.0. The summed E-state index contributed by atoms with van der Waals surface area (Å²) in [6.07, 6.45) is -4.33. The van der Waals surface area contributed by atoms with E-state index in [1.807, 2.05) is 11.8 Å². The lowest BCUT2D eigenvalue weighted by molar-refractivity contribution is -0.137. The summed E-state index contributed by atoms with van der Waals surface area (Å²) in [5.74, 6) is -2.74. The van der Waals surface area contributed by atoms with E-state index >= 15 is 13.2 Å². The van der Waals surface area contributed by atoms with Crippen molar-refractivity contribution in [2.75, 3.05) is 50.0 Å². The smallest absolute Gasteiger partial charge is 0.418 e. The van der Waals surface area contributed by atoms with Crippen LogP contribution in [-0.4, -0.2) is 72.5 Å². The number of rotatable bonds is 6. The van der Waals surface area contributed by atoms with Gasteiger partial charge in [-0.05, 0) is 37.9 Å². The maximum Gasteiger partial charge on any atom is 0.418 e. The molecule has 46 heavy (non-hydrogen) atoms. The van der Waals surface area contributed by atoms with E-state index in [1.165, 1.54) is 6.07 Å². The lowest BCUT2D eigenvalue weighted by Gasteiger charge is -2.42. The van der Waals surface area contributed by atoms with Gasteiger partial charge in [0, 0.05) is 54.6 Å². The molecule has 2 bridgehead atoms. The van der Waals surface area contributed by atoms with Gasteiger partial charge in [0.25, 0.3) is 0 Å². The molecule has 3 fully saturated rings. The minimum atomic E-state index is -5.20. The molecular weight excluding hydrogens is 636 g/mol. The Labute approximate surface area is 266 Å². The first-order valence-corrected chi connectivity index (χ1v) is 15.4. The predicted molar refractivity (Wildman–Crippen MR) is 161 cm³/mol. The van der Waals surface area contributed by atoms with Crippen LogP contribution in [-0.2, 0) is 6.18 Å². The van der Waals surface area contributed by atoms with Crippen LogP contribution in [0.2, 0.25) is 5.02 Å². The van der Waals surface area contributed by atoms with Gasteiger partial charge in [-0.1, -0.05) is 25.4 Å². The quantitative estimate of drug-likeness (QED) is 0.241. The Morgan fingerprint density at radius 1 is 1.15 bits per heavy atom. The molecule has 4 atom stereocenters. The van der Waals surface area contributed by atoms with Crippen molar-refractivity contribution in [3.63, 3.8) is 0 Å². The summed E-state index contributed by atoms with van der Waals surface area (Å²) in [6, 6.07) is 2.97. The van der Waals surface area contributed by atoms with Crippen molar-refractivity contribution in [2.24, 2.45) is 5.41 Å². The molecule has 2 aromatic carbocycles. The van der Waals surface area contributed by atoms with E-state index < -0.39 is 67.9 Å². The molecule has 1 aromatic heterocycles. The van der Waals surface area contributed by atoms with Crippen molar-refractivity contribution < 1.29 is 31.1 Å². The highest BCUT2D eigenvalue weighted by Gasteiger charge is 2.42. The number of piperazine rings is 1. The molecule has 0 unspecified atom stereocenters. The maximum absolute atomic E-state index is 16.6. The number of fused-ring (bicyclic) bond motifs is 3. The van der Waals surface area contributed by atoms with E-state index in [4.69, 9.17) is 22.1 Å². The summed E-state index contributed by atoms with van der Waals surface area (Å²) in [4.78, 5) is 12.6. The largest absolute Gasteiger partial charge is 0.463 e. The number of nitrogens with one attached hydrogen (secondary N) is 1. The Morgan fingerprint density at radius 3 is 2.48 bits per heavy atom. The first kappa shape index (κ1) is 32.4. The van der Waals surface area contributed by atoms with Crippen molar-refractivity contribution in [3.8, 4) is 23.2 Å². The second-order valence-electron chi connectivity index (χ2n) is 12.6. The molecule has 3 N–H and O–H groups in total. The van der Waals surface area contributed by atoms with Gasteiger partial charge < -0.3 is 25.6 Å². The van der Waals surface area contributed by atoms with Gasteiger partial charge in [0.15, 0.2) is 5.82 Å². The molecule has 6 rings (SSSR count). The van der Waals surface area contributed by atoms with Crippen LogP contribution < -0.4 is 20.7 Å². The summed E-state index contributed by atoms with van der Waals surface area (Å²) >= 11 is 5.92. The molecule has 3 aliphatic heterocycles. The third-order valence-electron chi connectivity index (χ3n) is 9.33. The van der Waals surface area contributed by atoms with Crippen LogP contribution >= 0.6 is 11.6 Å². The number of hydrogen-bond acceptors (Lipinski definition) is 8. The van der Waals surface area contributed by atoms with Crippen molar-refractivity contribution in [1.82, 2.24) is 20.2 Å². The summed E-state index contributed by atoms with van der Waals surface area (Å²) in [5.41, 5.74) is -0.846. The van der Waals surface area contributed by atoms with E-state index in [-0.39, 0.29) is 35.9 Å². The zero-order valence-corrected chi connectivity index (χ0v) is 25.9. The van der Waals surface area contributed by atoms with Crippen molar-refractivity contribution >= 4 is 34.0 Å². The van der Waals surface area contributed by atoms with Gasteiger partial charge in [-0.15, -0.1) is 0 Å². The van der Waals surface area contributed by atoms with E-state index in [0.29, 0.717) is 39.1 Å². The lowest BCUT2D eigenvalue weighted by atomic mass is 9.81. The van der Waals surface area contributed by atoms with Crippen LogP contribution in [0.15, 0.2) is 12.1 Å². The number of nitrogens with two attached hydrogens (primary N) is 1. The van der Waals surface area contributed by atoms with E-state index in [2.05, 4.69) is 20.2 Å². The van der Waals surface area contributed by atoms with E-state index in [0.717, 1.165) is 25.0 Å². The average Bonchev–Trinajstić information content (AvgIpc) is 3.33. The van der Waals surface area contributed by atoms with Gasteiger partial charge in [0.05, 0.1) is 27.4 Å². The molecule has 0 saturated carbocycles. The lowest BCUT2D eigenvalue weighted by Crippen LogP contribution is -2.51. The number of benzene rings is 2. The minimum absolute atomic E-state index is 0.0949. The fraction of sp³-hybridized carbons (Fsp3) is 0.516. The monoisotopic (exact) mass is 667 g/mol. The number of nitriles is 1. The molecular formula is C31H32ClF6N7O. The molecule has 0 spiro atoms. The Bertz CT molecular complexity index is 1720. The second kappa shape index (κ2) is 11.9. The molecule has 0 amide bonds. The Hall–Kier alpha value is -3.54. The maximum atomic E-state index is 16.6. The number of alkyl halides is 4. The first-order chi connectivity index (χ1) is 21.7. The third kappa shape index (κ3) is 5.66. The number of likely N-dealkylation sites (tertiary alicyclic amines) is 1. The SMILES string of the molecule is CCN1CC[C@H](F)[C@](C)(COc2nc(N3C[C@H]4CC[C@@H](C3)N4)c3cc(F)c(-c4c(C#N)c(N)cc(Cl)c4C(F)(F)F)c(F)c3n2)C1. The number of nitrogen functional groups attached to an aromatic ring is 1. The van der Waals surface area contributed by atoms with Crippen LogP contribution in [0.25, 0.3) is 22.0 Å². The van der Waals surface area contributed by atoms with Crippen molar-refractivity contribution in [3.05, 3.63) is 39.9 Å². The average molecular weight is 668 g/mol. The number of aromatic nitrogens is 2. The summed E-state index contributed by atoms with van der Waals surface area (Å²) in [7, 11) is 0. The number of nitrogens with zero attached hydrogens (tertiary/aromatic N) is 5. The van der Waals surface area contributed by atoms with Crippen LogP contribution in [0.4, 0.5) is 37.8 Å².